The van der Waals surface area contributed by atoms with E-state index in [2.05, 4.69) is 10.6 Å². The molecule has 0 saturated heterocycles. The zero-order valence-electron chi connectivity index (χ0n) is 18.4. The van der Waals surface area contributed by atoms with Gasteiger partial charge in [0.05, 0.1) is 31.5 Å². The van der Waals surface area contributed by atoms with Crippen LogP contribution in [-0.2, 0) is 0 Å². The number of para-hydroxylation sites is 2. The Hall–Kier alpha value is -3.84. The van der Waals surface area contributed by atoms with E-state index < -0.39 is 11.9 Å². The zero-order chi connectivity index (χ0) is 23.4. The van der Waals surface area contributed by atoms with Gasteiger partial charge in [0.15, 0.2) is 11.5 Å². The number of rotatable bonds is 4. The van der Waals surface area contributed by atoms with E-state index in [0.717, 1.165) is 17.0 Å². The molecule has 7 nitrogen and oxygen atoms in total. The number of hydrogen-bond donors (Lipinski definition) is 2. The van der Waals surface area contributed by atoms with Crippen LogP contribution in [0.1, 0.15) is 18.4 Å². The summed E-state index contributed by atoms with van der Waals surface area (Å²) in [6.45, 7) is 1.91. The van der Waals surface area contributed by atoms with Crippen molar-refractivity contribution in [1.82, 2.24) is 5.32 Å². The number of amidine groups is 1. The second-order valence-electron chi connectivity index (χ2n) is 7.38. The lowest BCUT2D eigenvalue weighted by atomic mass is 9.93. The molecule has 0 saturated carbocycles. The number of benzene rings is 3. The number of ether oxygens (including phenoxy) is 2. The van der Waals surface area contributed by atoms with E-state index in [4.69, 9.17) is 31.1 Å². The Balaban J connectivity index is 1.74. The molecule has 1 atom stereocenters. The number of anilines is 1. The molecule has 0 radical (unpaired) electrons. The first-order chi connectivity index (χ1) is 16.0. The first-order valence-corrected chi connectivity index (χ1v) is 10.6. The number of halogens is 1. The van der Waals surface area contributed by atoms with Gasteiger partial charge < -0.3 is 14.8 Å². The van der Waals surface area contributed by atoms with Crippen LogP contribution in [0, 0.1) is 0 Å². The lowest BCUT2D eigenvalue weighted by Gasteiger charge is -2.21. The highest BCUT2D eigenvalue weighted by Gasteiger charge is 2.27. The first-order valence-electron chi connectivity index (χ1n) is 10.3. The maximum atomic E-state index is 12.9. The molecule has 0 fully saturated rings. The third-order valence-corrected chi connectivity index (χ3v) is 5.41. The molecular weight excluding hydrogens is 440 g/mol. The first kappa shape index (κ1) is 22.4. The largest absolute Gasteiger partial charge is 0.493 e. The normalized spacial score (nSPS) is 14.8. The van der Waals surface area contributed by atoms with Crippen molar-refractivity contribution in [3.8, 4) is 11.5 Å². The van der Waals surface area contributed by atoms with Crippen molar-refractivity contribution in [1.29, 1.82) is 0 Å². The molecule has 3 aromatic rings. The second kappa shape index (κ2) is 9.75. The van der Waals surface area contributed by atoms with Crippen molar-refractivity contribution in [2.75, 3.05) is 19.5 Å². The van der Waals surface area contributed by atoms with Crippen LogP contribution in [0.15, 0.2) is 76.7 Å². The van der Waals surface area contributed by atoms with E-state index in [1.54, 1.807) is 38.5 Å². The predicted octanol–water partition coefficient (Wildman–Crippen LogP) is 6.10. The van der Waals surface area contributed by atoms with Crippen LogP contribution in [0.4, 0.5) is 21.9 Å². The van der Waals surface area contributed by atoms with Gasteiger partial charge in [0.25, 0.3) is 0 Å². The van der Waals surface area contributed by atoms with E-state index in [1.807, 2.05) is 49.4 Å². The van der Waals surface area contributed by atoms with Gasteiger partial charge in [0, 0.05) is 16.4 Å². The second-order valence-corrected chi connectivity index (χ2v) is 7.81. The van der Waals surface area contributed by atoms with Crippen molar-refractivity contribution in [2.45, 2.75) is 12.8 Å². The van der Waals surface area contributed by atoms with Crippen LogP contribution >= 0.6 is 11.6 Å². The molecule has 0 aliphatic carbocycles. The molecule has 33 heavy (non-hydrogen) atoms. The third-order valence-electron chi connectivity index (χ3n) is 5.18. The number of hydrogen-bond acceptors (Lipinski definition) is 5. The summed E-state index contributed by atoms with van der Waals surface area (Å²) in [4.78, 5) is 22.5. The van der Waals surface area contributed by atoms with E-state index in [-0.39, 0.29) is 0 Å². The molecule has 0 bridgehead atoms. The summed E-state index contributed by atoms with van der Waals surface area (Å²) in [5, 5.41) is 6.25. The Bertz CT molecular complexity index is 1260. The fourth-order valence-corrected chi connectivity index (χ4v) is 3.87. The Kier molecular flexibility index (Phi) is 6.60. The minimum Gasteiger partial charge on any atom is -0.493 e. The van der Waals surface area contributed by atoms with Gasteiger partial charge in [-0.05, 0) is 55.0 Å². The summed E-state index contributed by atoms with van der Waals surface area (Å²) in [5.41, 5.74) is 3.59. The van der Waals surface area contributed by atoms with Gasteiger partial charge in [0.1, 0.15) is 5.84 Å². The van der Waals surface area contributed by atoms with Crippen molar-refractivity contribution in [3.63, 3.8) is 0 Å². The minimum absolute atomic E-state index is 0.415. The SMILES string of the molecule is COc1ccc([C@@H]2C(C)=Nc3ccccc3N=C2NC(=O)Nc2cccc(Cl)c2)cc1OC. The van der Waals surface area contributed by atoms with Crippen molar-refractivity contribution in [2.24, 2.45) is 9.98 Å². The standard InChI is InChI=1S/C25H23ClN4O3/c1-15-23(16-11-12-21(32-2)22(13-16)33-3)24(29-20-10-5-4-9-19(20)27-15)30-25(31)28-18-8-6-7-17(26)14-18/h4-14,23H,1-3H3,(H2,28,29,30,31)/t23-/m0/s1. The monoisotopic (exact) mass is 462 g/mol. The summed E-state index contributed by atoms with van der Waals surface area (Å²) in [6, 6.07) is 19.6. The Labute approximate surface area is 197 Å². The van der Waals surface area contributed by atoms with Gasteiger partial charge >= 0.3 is 6.03 Å². The number of carbonyl (C=O) groups is 1. The number of nitrogens with zero attached hydrogens (tertiary/aromatic N) is 2. The number of fused-ring (bicyclic) bond motifs is 1. The van der Waals surface area contributed by atoms with Gasteiger partial charge in [-0.2, -0.15) is 0 Å². The highest BCUT2D eigenvalue weighted by Crippen LogP contribution is 2.36. The molecule has 168 valence electrons. The number of methoxy groups -OCH3 is 2. The van der Waals surface area contributed by atoms with Gasteiger partial charge in [-0.1, -0.05) is 35.9 Å². The molecule has 1 heterocycles. The molecule has 2 amide bonds. The number of aliphatic imine (C=N–C) groups is 2. The lowest BCUT2D eigenvalue weighted by Crippen LogP contribution is -2.39. The molecule has 0 unspecified atom stereocenters. The predicted molar refractivity (Wildman–Crippen MR) is 132 cm³/mol. The molecule has 1 aliphatic heterocycles. The molecule has 3 aromatic carbocycles. The van der Waals surface area contributed by atoms with Crippen molar-refractivity contribution in [3.05, 3.63) is 77.3 Å². The van der Waals surface area contributed by atoms with E-state index in [9.17, 15) is 4.79 Å². The Morgan fingerprint density at radius 3 is 2.30 bits per heavy atom. The number of amides is 2. The van der Waals surface area contributed by atoms with Crippen LogP contribution in [0.5, 0.6) is 11.5 Å². The van der Waals surface area contributed by atoms with Gasteiger partial charge in [0.2, 0.25) is 0 Å². The van der Waals surface area contributed by atoms with Crippen molar-refractivity contribution >= 4 is 46.2 Å². The summed E-state index contributed by atoms with van der Waals surface area (Å²) in [5.74, 6) is 1.21. The highest BCUT2D eigenvalue weighted by atomic mass is 35.5. The minimum atomic E-state index is -0.436. The van der Waals surface area contributed by atoms with Gasteiger partial charge in [-0.3, -0.25) is 10.3 Å². The summed E-state index contributed by atoms with van der Waals surface area (Å²) in [6.07, 6.45) is 0. The van der Waals surface area contributed by atoms with E-state index >= 15 is 0 Å². The maximum Gasteiger partial charge on any atom is 0.324 e. The lowest BCUT2D eigenvalue weighted by molar-refractivity contribution is 0.256. The fourth-order valence-electron chi connectivity index (χ4n) is 3.68. The summed E-state index contributed by atoms with van der Waals surface area (Å²) < 4.78 is 10.9. The number of carbonyl (C=O) groups excluding carboxylic acids is 1. The van der Waals surface area contributed by atoms with Gasteiger partial charge in [-0.15, -0.1) is 0 Å². The van der Waals surface area contributed by atoms with Crippen LogP contribution in [0.3, 0.4) is 0 Å². The molecule has 8 heteroatoms. The Morgan fingerprint density at radius 1 is 0.879 bits per heavy atom. The molecule has 0 aromatic heterocycles. The Morgan fingerprint density at radius 2 is 1.61 bits per heavy atom. The summed E-state index contributed by atoms with van der Waals surface area (Å²) in [7, 11) is 3.17. The number of nitrogens with one attached hydrogen (secondary N) is 2. The van der Waals surface area contributed by atoms with Gasteiger partial charge in [-0.25, -0.2) is 9.79 Å². The van der Waals surface area contributed by atoms with E-state index in [1.165, 1.54) is 0 Å². The third kappa shape index (κ3) is 4.99. The van der Waals surface area contributed by atoms with Crippen LogP contribution in [0.25, 0.3) is 0 Å². The highest BCUT2D eigenvalue weighted by molar-refractivity contribution is 6.31. The quantitative estimate of drug-likeness (QED) is 0.491. The average Bonchev–Trinajstić information content (AvgIpc) is 2.93. The maximum absolute atomic E-state index is 12.9. The fraction of sp³-hybridized carbons (Fsp3) is 0.160. The number of urea groups is 1. The topological polar surface area (TPSA) is 84.3 Å². The average molecular weight is 463 g/mol. The van der Waals surface area contributed by atoms with Crippen LogP contribution < -0.4 is 20.1 Å². The summed E-state index contributed by atoms with van der Waals surface area (Å²) >= 11 is 6.04. The molecule has 1 aliphatic rings. The van der Waals surface area contributed by atoms with Crippen LogP contribution in [-0.4, -0.2) is 31.8 Å². The van der Waals surface area contributed by atoms with Crippen molar-refractivity contribution < 1.29 is 14.3 Å². The van der Waals surface area contributed by atoms with Crippen LogP contribution in [0.2, 0.25) is 5.02 Å². The van der Waals surface area contributed by atoms with E-state index in [0.29, 0.717) is 33.7 Å². The molecule has 0 spiro atoms. The zero-order valence-corrected chi connectivity index (χ0v) is 19.2. The molecular formula is C25H23ClN4O3. The molecule has 4 rings (SSSR count). The smallest absolute Gasteiger partial charge is 0.324 e. The molecule has 2 N–H and O–H groups in total.